The van der Waals surface area contributed by atoms with Gasteiger partial charge in [0.25, 0.3) is 0 Å². The van der Waals surface area contributed by atoms with E-state index in [2.05, 4.69) is 49.2 Å². The first-order valence-electron chi connectivity index (χ1n) is 8.75. The molecule has 0 amide bonds. The van der Waals surface area contributed by atoms with Crippen LogP contribution in [0.5, 0.6) is 0 Å². The topological polar surface area (TPSA) is 13.0 Å². The fraction of sp³-hybridized carbons (Fsp3) is 0.412. The summed E-state index contributed by atoms with van der Waals surface area (Å²) in [5, 5.41) is 0. The summed E-state index contributed by atoms with van der Waals surface area (Å²) in [6.07, 6.45) is 7.64. The molecule has 2 aliphatic heterocycles. The molecule has 112 valence electrons. The van der Waals surface area contributed by atoms with Crippen LogP contribution >= 0.6 is 0 Å². The lowest BCUT2D eigenvalue weighted by molar-refractivity contribution is 0.381. The molecule has 1 aromatic rings. The van der Waals surface area contributed by atoms with E-state index < -0.39 is 6.98 Å². The maximum absolute atomic E-state index is 7.65. The molecule has 0 fully saturated rings. The average Bonchev–Trinajstić information content (AvgIpc) is 3.04. The van der Waals surface area contributed by atoms with Gasteiger partial charge in [0.15, 0.2) is 0 Å². The van der Waals surface area contributed by atoms with E-state index in [0.29, 0.717) is 0 Å². The first-order valence-corrected chi connectivity index (χ1v) is 7.25. The lowest BCUT2D eigenvalue weighted by Crippen LogP contribution is -2.35. The third-order valence-electron chi connectivity index (χ3n) is 4.48. The molecule has 21 heavy (non-hydrogen) atoms. The molecule has 3 rings (SSSR count). The summed E-state index contributed by atoms with van der Waals surface area (Å²) in [4.78, 5) is 7.80. The number of anilines is 2. The Morgan fingerprint density at radius 1 is 0.905 bits per heavy atom. The highest BCUT2D eigenvalue weighted by atomic mass is 15.4. The highest BCUT2D eigenvalue weighted by Crippen LogP contribution is 2.35. The van der Waals surface area contributed by atoms with Gasteiger partial charge in [0.05, 0.1) is 0 Å². The Bertz CT molecular complexity index is 683. The van der Waals surface area contributed by atoms with Crippen molar-refractivity contribution in [2.45, 2.75) is 33.1 Å². The van der Waals surface area contributed by atoms with Crippen LogP contribution in [0.1, 0.15) is 23.5 Å². The van der Waals surface area contributed by atoms with Crippen LogP contribution in [0.4, 0.5) is 11.4 Å². The number of benzene rings is 1. The van der Waals surface area contributed by atoms with Gasteiger partial charge < -0.3 is 19.6 Å². The van der Waals surface area contributed by atoms with Crippen LogP contribution in [0.3, 0.4) is 0 Å². The Morgan fingerprint density at radius 2 is 1.43 bits per heavy atom. The van der Waals surface area contributed by atoms with Gasteiger partial charge in [-0.3, -0.25) is 0 Å². The van der Waals surface area contributed by atoms with Gasteiger partial charge in [-0.15, -0.1) is 0 Å². The Hall–Kier alpha value is -2.10. The number of hydrogen-bond donors (Lipinski definition) is 0. The standard InChI is InChI=1S/C17H24N4/c1-13-16(20-11-9-18(4)14(20)2)7-6-8-17(13)21-12-10-19(5)15(21)3/h6-12,14-15H,1-5H3/t14-,15+/i4D3/m1/s1. The zero-order valence-corrected chi connectivity index (χ0v) is 13.0. The van der Waals surface area contributed by atoms with Gasteiger partial charge in [0, 0.05) is 54.3 Å². The summed E-state index contributed by atoms with van der Waals surface area (Å²) < 4.78 is 23.0. The third-order valence-corrected chi connectivity index (χ3v) is 4.48. The van der Waals surface area contributed by atoms with Crippen molar-refractivity contribution in [1.82, 2.24) is 9.80 Å². The molecule has 0 saturated carbocycles. The van der Waals surface area contributed by atoms with Crippen molar-refractivity contribution in [3.8, 4) is 0 Å². The molecule has 0 unspecified atom stereocenters. The van der Waals surface area contributed by atoms with Crippen molar-refractivity contribution in [3.05, 3.63) is 48.6 Å². The Kier molecular flexibility index (Phi) is 2.54. The van der Waals surface area contributed by atoms with E-state index >= 15 is 0 Å². The van der Waals surface area contributed by atoms with Crippen LogP contribution in [-0.2, 0) is 0 Å². The molecule has 0 N–H and O–H groups in total. The lowest BCUT2D eigenvalue weighted by Gasteiger charge is -2.32. The first kappa shape index (κ1) is 10.6. The van der Waals surface area contributed by atoms with Crippen molar-refractivity contribution >= 4 is 11.4 Å². The molecular formula is C17H24N4. The number of rotatable bonds is 2. The molecule has 2 heterocycles. The minimum Gasteiger partial charge on any atom is -0.359 e. The van der Waals surface area contributed by atoms with Crippen molar-refractivity contribution in [2.75, 3.05) is 23.8 Å². The van der Waals surface area contributed by atoms with E-state index in [0.717, 1.165) is 16.9 Å². The van der Waals surface area contributed by atoms with Crippen LogP contribution in [-0.4, -0.2) is 36.2 Å². The van der Waals surface area contributed by atoms with E-state index in [1.165, 1.54) is 4.90 Å². The molecule has 2 aliphatic rings. The van der Waals surface area contributed by atoms with E-state index in [-0.39, 0.29) is 12.3 Å². The quantitative estimate of drug-likeness (QED) is 0.828. The molecular weight excluding hydrogens is 260 g/mol. The maximum atomic E-state index is 7.65. The second kappa shape index (κ2) is 5.02. The molecule has 0 radical (unpaired) electrons. The summed E-state index contributed by atoms with van der Waals surface area (Å²) >= 11 is 0. The molecule has 0 spiro atoms. The average molecular weight is 287 g/mol. The van der Waals surface area contributed by atoms with Gasteiger partial charge in [-0.2, -0.15) is 0 Å². The van der Waals surface area contributed by atoms with Crippen molar-refractivity contribution in [2.24, 2.45) is 0 Å². The van der Waals surface area contributed by atoms with Gasteiger partial charge in [-0.1, -0.05) is 6.07 Å². The van der Waals surface area contributed by atoms with Crippen molar-refractivity contribution < 1.29 is 4.11 Å². The number of hydrogen-bond acceptors (Lipinski definition) is 4. The monoisotopic (exact) mass is 287 g/mol. The Labute approximate surface area is 131 Å². The number of nitrogens with zero attached hydrogens (tertiary/aromatic N) is 4. The van der Waals surface area contributed by atoms with E-state index in [1.54, 1.807) is 6.20 Å². The molecule has 1 aromatic carbocycles. The second-order valence-corrected chi connectivity index (χ2v) is 5.67. The molecule has 0 bridgehead atoms. The molecule has 2 atom stereocenters. The predicted molar refractivity (Wildman–Crippen MR) is 88.9 cm³/mol. The van der Waals surface area contributed by atoms with Gasteiger partial charge in [0.1, 0.15) is 12.3 Å². The first-order chi connectivity index (χ1) is 11.2. The molecule has 4 nitrogen and oxygen atoms in total. The third kappa shape index (κ3) is 2.15. The fourth-order valence-corrected chi connectivity index (χ4v) is 2.88. The summed E-state index contributed by atoms with van der Waals surface area (Å²) in [6.45, 7) is 4.01. The minimum atomic E-state index is -2.13. The lowest BCUT2D eigenvalue weighted by atomic mass is 10.1. The van der Waals surface area contributed by atoms with Crippen LogP contribution in [0.15, 0.2) is 43.0 Å². The van der Waals surface area contributed by atoms with Crippen LogP contribution in [0.25, 0.3) is 0 Å². The SMILES string of the molecule is [2H]C([2H])([2H])N1C=CN(c2cccc(N3C=CN(C)[C@@H]3C)c2C)[C@@H]1C. The molecule has 0 aromatic heterocycles. The zero-order valence-electron chi connectivity index (χ0n) is 16.0. The van der Waals surface area contributed by atoms with Gasteiger partial charge in [-0.25, -0.2) is 0 Å². The van der Waals surface area contributed by atoms with Crippen molar-refractivity contribution in [1.29, 1.82) is 0 Å². The Morgan fingerprint density at radius 3 is 1.90 bits per heavy atom. The fourth-order valence-electron chi connectivity index (χ4n) is 2.88. The second-order valence-electron chi connectivity index (χ2n) is 5.67. The summed E-state index contributed by atoms with van der Waals surface area (Å²) in [5.41, 5.74) is 3.29. The summed E-state index contributed by atoms with van der Waals surface area (Å²) in [6, 6.07) is 6.16. The van der Waals surface area contributed by atoms with Gasteiger partial charge in [0.2, 0.25) is 0 Å². The maximum Gasteiger partial charge on any atom is 0.102 e. The van der Waals surface area contributed by atoms with Crippen LogP contribution < -0.4 is 9.80 Å². The highest BCUT2D eigenvalue weighted by Gasteiger charge is 2.25. The summed E-state index contributed by atoms with van der Waals surface area (Å²) in [7, 11) is 2.06. The zero-order chi connectivity index (χ0) is 17.6. The summed E-state index contributed by atoms with van der Waals surface area (Å²) in [5.74, 6) is 0. The Balaban J connectivity index is 1.93. The molecule has 4 heteroatoms. The predicted octanol–water partition coefficient (Wildman–Crippen LogP) is 3.13. The van der Waals surface area contributed by atoms with E-state index in [4.69, 9.17) is 4.11 Å². The van der Waals surface area contributed by atoms with E-state index in [1.807, 2.05) is 30.2 Å². The van der Waals surface area contributed by atoms with Crippen LogP contribution in [0.2, 0.25) is 0 Å². The van der Waals surface area contributed by atoms with Gasteiger partial charge >= 0.3 is 0 Å². The highest BCUT2D eigenvalue weighted by molar-refractivity contribution is 5.70. The molecule has 0 aliphatic carbocycles. The largest absolute Gasteiger partial charge is 0.359 e. The minimum absolute atomic E-state index is 0.249. The smallest absolute Gasteiger partial charge is 0.102 e. The normalized spacial score (nSPS) is 27.3. The van der Waals surface area contributed by atoms with Gasteiger partial charge in [-0.05, 0) is 38.5 Å². The van der Waals surface area contributed by atoms with E-state index in [9.17, 15) is 0 Å². The van der Waals surface area contributed by atoms with Crippen LogP contribution in [0, 0.1) is 6.92 Å². The van der Waals surface area contributed by atoms with Crippen molar-refractivity contribution in [3.63, 3.8) is 0 Å². The molecule has 0 saturated heterocycles.